The van der Waals surface area contributed by atoms with Crippen LogP contribution in [0.2, 0.25) is 5.28 Å². The standard InChI is InChI=1S/C2H5.Al.O/c1-2;;/h1H2,2H3;;/q;+2;-2. The first kappa shape index (κ1) is 8.82. The molecule has 1 nitrogen and oxygen atoms in total. The van der Waals surface area contributed by atoms with Gasteiger partial charge in [-0.2, -0.15) is 0 Å². The topological polar surface area (TPSA) is 28.5 Å². The predicted octanol–water partition coefficient (Wildman–Crippen LogP) is 0.474. The van der Waals surface area contributed by atoms with Crippen molar-refractivity contribution >= 4 is 16.3 Å². The maximum absolute atomic E-state index is 2.58. The van der Waals surface area contributed by atoms with Gasteiger partial charge >= 0.3 is 28.5 Å². The molecule has 0 unspecified atom stereocenters. The summed E-state index contributed by atoms with van der Waals surface area (Å²) in [5.74, 6) is 0. The van der Waals surface area contributed by atoms with Crippen LogP contribution >= 0.6 is 0 Å². The van der Waals surface area contributed by atoms with Crippen molar-refractivity contribution < 1.29 is 5.48 Å². The average Bonchev–Trinajstić information content (AvgIpc) is 0.918. The molecule has 0 aromatic rings. The largest absolute Gasteiger partial charge is 2.00 e. The van der Waals surface area contributed by atoms with Gasteiger partial charge in [0.05, 0.1) is 0 Å². The van der Waals surface area contributed by atoms with Crippen molar-refractivity contribution in [2.45, 2.75) is 12.2 Å². The van der Waals surface area contributed by atoms with Crippen molar-refractivity contribution in [3.05, 3.63) is 0 Å². The fourth-order valence-electron chi connectivity index (χ4n) is 0. The van der Waals surface area contributed by atoms with Crippen LogP contribution in [0.25, 0.3) is 0 Å². The molecule has 0 aromatic heterocycles. The molecule has 0 rings (SSSR count). The molecule has 0 heterocycles. The Hall–Kier alpha value is 0.492. The van der Waals surface area contributed by atoms with Crippen LogP contribution in [0.1, 0.15) is 6.92 Å². The molecule has 0 amide bonds. The van der Waals surface area contributed by atoms with Crippen molar-refractivity contribution in [3.63, 3.8) is 0 Å². The molecule has 0 fully saturated rings. The molecule has 0 radical (unpaired) electrons. The number of rotatable bonds is 0. The Kier molecular flexibility index (Phi) is 21.5. The average molecular weight is 72.0 g/mol. The van der Waals surface area contributed by atoms with Gasteiger partial charge < -0.3 is 5.48 Å². The summed E-state index contributed by atoms with van der Waals surface area (Å²) < 4.78 is 0. The molecule has 0 aliphatic heterocycles. The molecule has 0 aliphatic carbocycles. The monoisotopic (exact) mass is 72.0 g/mol. The molecule has 0 aliphatic rings. The first-order valence-electron chi connectivity index (χ1n) is 1.12. The fourth-order valence-corrected chi connectivity index (χ4v) is 0. The second-order valence-corrected chi connectivity index (χ2v) is 1.22. The van der Waals surface area contributed by atoms with E-state index in [9.17, 15) is 0 Å². The molecule has 0 bridgehead atoms. The minimum atomic E-state index is 0. The molecule has 0 saturated heterocycles. The van der Waals surface area contributed by atoms with Crippen LogP contribution in [0.3, 0.4) is 0 Å². The Morgan fingerprint density at radius 1 is 1.75 bits per heavy atom. The summed E-state index contributed by atoms with van der Waals surface area (Å²) in [5, 5.41) is 1.17. The summed E-state index contributed by atoms with van der Waals surface area (Å²) in [5.41, 5.74) is 0. The molecule has 22 valence electrons. The molecule has 0 saturated carbocycles. The molecular formula is C2H5AlO. The van der Waals surface area contributed by atoms with E-state index in [4.69, 9.17) is 0 Å². The van der Waals surface area contributed by atoms with Crippen molar-refractivity contribution in [2.75, 3.05) is 0 Å². The normalized spacial score (nSPS) is 4.75. The van der Waals surface area contributed by atoms with Crippen LogP contribution in [0.15, 0.2) is 0 Å². The molecular weight excluding hydrogens is 67.0 g/mol. The van der Waals surface area contributed by atoms with E-state index < -0.39 is 0 Å². The van der Waals surface area contributed by atoms with E-state index in [0.717, 1.165) is 0 Å². The quantitative estimate of drug-likeness (QED) is 0.372. The van der Waals surface area contributed by atoms with Crippen molar-refractivity contribution in [3.8, 4) is 0 Å². The Labute approximate surface area is 34.7 Å². The van der Waals surface area contributed by atoms with Gasteiger partial charge in [0.2, 0.25) is 0 Å². The van der Waals surface area contributed by atoms with Gasteiger partial charge in [-0.3, -0.25) is 0 Å². The van der Waals surface area contributed by atoms with Gasteiger partial charge in [0.1, 0.15) is 0 Å². The van der Waals surface area contributed by atoms with E-state index in [-0.39, 0.29) is 5.48 Å². The Morgan fingerprint density at radius 2 is 1.75 bits per heavy atom. The minimum Gasteiger partial charge on any atom is -2.00 e. The maximum Gasteiger partial charge on any atom is -2.00 e. The van der Waals surface area contributed by atoms with Gasteiger partial charge in [0, 0.05) is 0 Å². The van der Waals surface area contributed by atoms with Crippen molar-refractivity contribution in [1.29, 1.82) is 0 Å². The Bertz CT molecular complexity index is 6.00. The van der Waals surface area contributed by atoms with E-state index in [1.807, 2.05) is 0 Å². The number of hydrogen-bond donors (Lipinski definition) is 0. The first-order chi connectivity index (χ1) is 1.41. The number of hydrogen-bond acceptors (Lipinski definition) is 0. The zero-order valence-corrected chi connectivity index (χ0v) is 3.85. The van der Waals surface area contributed by atoms with Gasteiger partial charge in [0.25, 0.3) is 0 Å². The predicted molar refractivity (Wildman–Crippen MR) is 16.9 cm³/mol. The van der Waals surface area contributed by atoms with Gasteiger partial charge in [-0.1, -0.05) is 0 Å². The zero-order chi connectivity index (χ0) is 2.71. The van der Waals surface area contributed by atoms with E-state index in [1.54, 1.807) is 0 Å². The summed E-state index contributed by atoms with van der Waals surface area (Å²) in [6.07, 6.45) is 0. The van der Waals surface area contributed by atoms with Crippen LogP contribution in [0.5, 0.6) is 0 Å². The second kappa shape index (κ2) is 9.74. The third-order valence-corrected chi connectivity index (χ3v) is 0. The second-order valence-electron chi connectivity index (χ2n) is 0.408. The van der Waals surface area contributed by atoms with E-state index in [0.29, 0.717) is 0 Å². The Morgan fingerprint density at radius 3 is 1.75 bits per heavy atom. The maximum atomic E-state index is 2.58. The van der Waals surface area contributed by atoms with E-state index >= 15 is 0 Å². The minimum absolute atomic E-state index is 0. The molecule has 2 heteroatoms. The van der Waals surface area contributed by atoms with Crippen LogP contribution < -0.4 is 0 Å². The van der Waals surface area contributed by atoms with Crippen molar-refractivity contribution in [1.82, 2.24) is 0 Å². The fraction of sp³-hybridized carbons (Fsp3) is 1.00. The zero-order valence-electron chi connectivity index (χ0n) is 2.69. The smallest absolute Gasteiger partial charge is 2.00 e. The van der Waals surface area contributed by atoms with Crippen LogP contribution in [-0.4, -0.2) is 16.3 Å². The van der Waals surface area contributed by atoms with Gasteiger partial charge in [-0.15, -0.1) is 0 Å². The molecule has 0 aromatic carbocycles. The van der Waals surface area contributed by atoms with Crippen LogP contribution in [0, 0.1) is 0 Å². The summed E-state index contributed by atoms with van der Waals surface area (Å²) in [6.45, 7) is 2.09. The van der Waals surface area contributed by atoms with Gasteiger partial charge in [-0.25, -0.2) is 0 Å². The molecule has 0 N–H and O–H groups in total. The van der Waals surface area contributed by atoms with E-state index in [1.165, 1.54) is 5.28 Å². The summed E-state index contributed by atoms with van der Waals surface area (Å²) in [6, 6.07) is 0. The Balaban J connectivity index is 0. The van der Waals surface area contributed by atoms with Crippen molar-refractivity contribution in [2.24, 2.45) is 0 Å². The van der Waals surface area contributed by atoms with Gasteiger partial charge in [0.15, 0.2) is 0 Å². The van der Waals surface area contributed by atoms with Gasteiger partial charge in [-0.05, 0) is 0 Å². The summed E-state index contributed by atoms with van der Waals surface area (Å²) >= 11 is 2.58. The molecule has 0 spiro atoms. The molecule has 4 heavy (non-hydrogen) atoms. The third-order valence-electron chi connectivity index (χ3n) is 0. The van der Waals surface area contributed by atoms with Crippen LogP contribution in [-0.2, 0) is 5.48 Å². The first-order valence-corrected chi connectivity index (χ1v) is 1.93. The van der Waals surface area contributed by atoms with Crippen LogP contribution in [0.4, 0.5) is 0 Å². The molecule has 0 atom stereocenters. The summed E-state index contributed by atoms with van der Waals surface area (Å²) in [4.78, 5) is 0. The summed E-state index contributed by atoms with van der Waals surface area (Å²) in [7, 11) is 0. The SMILES string of the molecule is C[CH2][Al+2].[O-2]. The third kappa shape index (κ3) is 22.9. The van der Waals surface area contributed by atoms with E-state index in [2.05, 4.69) is 23.2 Å².